The number of hydrogen-bond donors (Lipinski definition) is 1. The molecule has 1 N–H and O–H groups in total. The molecule has 1 aromatic heterocycles. The zero-order valence-corrected chi connectivity index (χ0v) is 9.85. The van der Waals surface area contributed by atoms with Crippen molar-refractivity contribution < 1.29 is 27.5 Å². The molecule has 0 aliphatic rings. The zero-order chi connectivity index (χ0) is 14.2. The molecule has 100 valence electrons. The van der Waals surface area contributed by atoms with Gasteiger partial charge >= 0.3 is 12.1 Å². The maximum absolute atomic E-state index is 13.4. The predicted molar refractivity (Wildman–Crippen MR) is 59.5 cm³/mol. The van der Waals surface area contributed by atoms with Gasteiger partial charge < -0.3 is 5.11 Å². The molecule has 0 saturated heterocycles. The number of alkyl halides is 3. The van der Waals surface area contributed by atoms with E-state index in [1.165, 1.54) is 6.07 Å². The van der Waals surface area contributed by atoms with Crippen molar-refractivity contribution in [3.05, 3.63) is 40.8 Å². The minimum atomic E-state index is -4.55. The average Bonchev–Trinajstić information content (AvgIpc) is 2.76. The number of carboxylic acid groups (broad SMARTS) is 1. The highest BCUT2D eigenvalue weighted by Gasteiger charge is 2.34. The second-order valence-corrected chi connectivity index (χ2v) is 4.56. The Bertz CT molecular complexity index is 636. The summed E-state index contributed by atoms with van der Waals surface area (Å²) in [4.78, 5) is 13.9. The normalized spacial score (nSPS) is 11.6. The maximum Gasteiger partial charge on any atom is 0.443 e. The van der Waals surface area contributed by atoms with Crippen LogP contribution in [0.2, 0.25) is 0 Å². The van der Waals surface area contributed by atoms with Gasteiger partial charge in [-0.1, -0.05) is 6.07 Å². The summed E-state index contributed by atoms with van der Waals surface area (Å²) >= 11 is 0.366. The molecule has 0 aliphatic heterocycles. The summed E-state index contributed by atoms with van der Waals surface area (Å²) in [6.07, 6.45) is -3.58. The van der Waals surface area contributed by atoms with Gasteiger partial charge in [0.05, 0.1) is 10.4 Å². The van der Waals surface area contributed by atoms with Gasteiger partial charge in [-0.05, 0) is 17.7 Å². The van der Waals surface area contributed by atoms with E-state index in [1.54, 1.807) is 0 Å². The molecule has 0 amide bonds. The average molecular weight is 291 g/mol. The first-order valence-electron chi connectivity index (χ1n) is 4.85. The van der Waals surface area contributed by atoms with E-state index < -0.39 is 28.5 Å². The summed E-state index contributed by atoms with van der Waals surface area (Å²) in [6.45, 7) is 0. The Labute approximate surface area is 108 Å². The SMILES string of the molecule is O=C(O)c1ccc(-c2cnc(C(F)(F)F)s2)cc1F. The van der Waals surface area contributed by atoms with Crippen LogP contribution in [0.4, 0.5) is 17.6 Å². The molecule has 2 rings (SSSR count). The standard InChI is InChI=1S/C11H5F4NO2S/c12-7-3-5(1-2-6(7)9(17)18)8-4-16-10(19-8)11(13,14)15/h1-4H,(H,17,18). The summed E-state index contributed by atoms with van der Waals surface area (Å²) in [7, 11) is 0. The fourth-order valence-corrected chi connectivity index (χ4v) is 2.16. The van der Waals surface area contributed by atoms with Crippen molar-refractivity contribution in [1.29, 1.82) is 0 Å². The van der Waals surface area contributed by atoms with Gasteiger partial charge in [0.1, 0.15) is 5.82 Å². The van der Waals surface area contributed by atoms with Crippen LogP contribution in [-0.4, -0.2) is 16.1 Å². The lowest BCUT2D eigenvalue weighted by molar-refractivity contribution is -0.137. The summed E-state index contributed by atoms with van der Waals surface area (Å²) in [5, 5.41) is 7.60. The first-order chi connectivity index (χ1) is 8.79. The number of benzene rings is 1. The minimum Gasteiger partial charge on any atom is -0.478 e. The third-order valence-electron chi connectivity index (χ3n) is 2.23. The number of carboxylic acids is 1. The van der Waals surface area contributed by atoms with Crippen LogP contribution >= 0.6 is 11.3 Å². The molecule has 0 fully saturated rings. The van der Waals surface area contributed by atoms with Crippen molar-refractivity contribution in [3.8, 4) is 10.4 Å². The Balaban J connectivity index is 2.40. The Hall–Kier alpha value is -1.96. The molecule has 0 saturated carbocycles. The van der Waals surface area contributed by atoms with Crippen LogP contribution in [-0.2, 0) is 6.18 Å². The highest BCUT2D eigenvalue weighted by molar-refractivity contribution is 7.15. The van der Waals surface area contributed by atoms with Crippen LogP contribution < -0.4 is 0 Å². The van der Waals surface area contributed by atoms with Crippen LogP contribution in [0, 0.1) is 5.82 Å². The lowest BCUT2D eigenvalue weighted by Gasteiger charge is -2.01. The molecule has 3 nitrogen and oxygen atoms in total. The Morgan fingerprint density at radius 3 is 2.47 bits per heavy atom. The second-order valence-electron chi connectivity index (χ2n) is 3.53. The molecule has 1 heterocycles. The van der Waals surface area contributed by atoms with E-state index in [9.17, 15) is 22.4 Å². The van der Waals surface area contributed by atoms with Crippen molar-refractivity contribution in [2.75, 3.05) is 0 Å². The smallest absolute Gasteiger partial charge is 0.443 e. The molecular weight excluding hydrogens is 286 g/mol. The van der Waals surface area contributed by atoms with Crippen LogP contribution in [0.5, 0.6) is 0 Å². The molecule has 1 aromatic carbocycles. The zero-order valence-electron chi connectivity index (χ0n) is 9.03. The van der Waals surface area contributed by atoms with Crippen molar-refractivity contribution >= 4 is 17.3 Å². The van der Waals surface area contributed by atoms with E-state index in [0.29, 0.717) is 11.3 Å². The lowest BCUT2D eigenvalue weighted by Crippen LogP contribution is -2.02. The maximum atomic E-state index is 13.4. The first-order valence-corrected chi connectivity index (χ1v) is 5.67. The highest BCUT2D eigenvalue weighted by Crippen LogP contribution is 2.36. The number of hydrogen-bond acceptors (Lipinski definition) is 3. The molecule has 0 atom stereocenters. The highest BCUT2D eigenvalue weighted by atomic mass is 32.1. The van der Waals surface area contributed by atoms with Gasteiger partial charge in [-0.15, -0.1) is 11.3 Å². The number of nitrogens with zero attached hydrogens (tertiary/aromatic N) is 1. The third-order valence-corrected chi connectivity index (χ3v) is 3.32. The fraction of sp³-hybridized carbons (Fsp3) is 0.0909. The topological polar surface area (TPSA) is 50.2 Å². The van der Waals surface area contributed by atoms with Crippen LogP contribution in [0.15, 0.2) is 24.4 Å². The molecule has 2 aromatic rings. The molecule has 0 aliphatic carbocycles. The van der Waals surface area contributed by atoms with E-state index in [0.717, 1.165) is 18.3 Å². The van der Waals surface area contributed by atoms with Gasteiger partial charge in [-0.3, -0.25) is 0 Å². The van der Waals surface area contributed by atoms with Crippen LogP contribution in [0.1, 0.15) is 15.4 Å². The van der Waals surface area contributed by atoms with E-state index in [2.05, 4.69) is 4.98 Å². The number of aromatic carboxylic acids is 1. The quantitative estimate of drug-likeness (QED) is 0.859. The predicted octanol–water partition coefficient (Wildman–Crippen LogP) is 3.67. The Morgan fingerprint density at radius 1 is 1.32 bits per heavy atom. The summed E-state index contributed by atoms with van der Waals surface area (Å²) in [5.74, 6) is -2.45. The summed E-state index contributed by atoms with van der Waals surface area (Å²) in [6, 6.07) is 3.11. The molecule has 8 heteroatoms. The van der Waals surface area contributed by atoms with Crippen LogP contribution in [0.3, 0.4) is 0 Å². The van der Waals surface area contributed by atoms with Gasteiger partial charge in [0.2, 0.25) is 0 Å². The molecule has 0 spiro atoms. The van der Waals surface area contributed by atoms with Crippen LogP contribution in [0.25, 0.3) is 10.4 Å². The molecule has 19 heavy (non-hydrogen) atoms. The Kier molecular flexibility index (Phi) is 3.27. The van der Waals surface area contributed by atoms with Crippen molar-refractivity contribution in [2.24, 2.45) is 0 Å². The largest absolute Gasteiger partial charge is 0.478 e. The van der Waals surface area contributed by atoms with E-state index in [4.69, 9.17) is 5.11 Å². The van der Waals surface area contributed by atoms with Crippen molar-refractivity contribution in [1.82, 2.24) is 4.98 Å². The van der Waals surface area contributed by atoms with E-state index in [1.807, 2.05) is 0 Å². The molecule has 0 radical (unpaired) electrons. The Morgan fingerprint density at radius 2 is 2.00 bits per heavy atom. The van der Waals surface area contributed by atoms with Gasteiger partial charge in [0, 0.05) is 6.20 Å². The number of carbonyl (C=O) groups is 1. The molecule has 0 bridgehead atoms. The number of halogens is 4. The van der Waals surface area contributed by atoms with E-state index in [-0.39, 0.29) is 10.4 Å². The van der Waals surface area contributed by atoms with Gasteiger partial charge in [-0.2, -0.15) is 13.2 Å². The van der Waals surface area contributed by atoms with Gasteiger partial charge in [-0.25, -0.2) is 14.2 Å². The second kappa shape index (κ2) is 4.61. The third kappa shape index (κ3) is 2.73. The lowest BCUT2D eigenvalue weighted by atomic mass is 10.1. The first kappa shape index (κ1) is 13.5. The van der Waals surface area contributed by atoms with Gasteiger partial charge in [0.15, 0.2) is 5.01 Å². The van der Waals surface area contributed by atoms with Gasteiger partial charge in [0.25, 0.3) is 0 Å². The van der Waals surface area contributed by atoms with E-state index >= 15 is 0 Å². The monoisotopic (exact) mass is 291 g/mol. The number of aromatic nitrogens is 1. The van der Waals surface area contributed by atoms with Crippen molar-refractivity contribution in [3.63, 3.8) is 0 Å². The summed E-state index contributed by atoms with van der Waals surface area (Å²) < 4.78 is 50.5. The fourth-order valence-electron chi connectivity index (χ4n) is 1.38. The molecule has 0 unspecified atom stereocenters. The minimum absolute atomic E-state index is 0.114. The number of rotatable bonds is 2. The number of thiazole rings is 1. The van der Waals surface area contributed by atoms with Crippen molar-refractivity contribution in [2.45, 2.75) is 6.18 Å². The summed E-state index contributed by atoms with van der Waals surface area (Å²) in [5.41, 5.74) is -0.389. The molecular formula is C11H5F4NO2S.